The van der Waals surface area contributed by atoms with Crippen LogP contribution in [0.15, 0.2) is 61.7 Å². The van der Waals surface area contributed by atoms with E-state index in [0.717, 1.165) is 11.1 Å². The Balaban J connectivity index is 0.000000184. The molecular weight excluding hydrogens is 218 g/mol. The molecule has 2 aromatic rings. The summed E-state index contributed by atoms with van der Waals surface area (Å²) in [5.41, 5.74) is 2.87. The van der Waals surface area contributed by atoms with Gasteiger partial charge in [-0.15, -0.1) is 0 Å². The van der Waals surface area contributed by atoms with Crippen molar-refractivity contribution in [1.29, 1.82) is 5.26 Å². The van der Waals surface area contributed by atoms with Crippen molar-refractivity contribution in [2.75, 3.05) is 0 Å². The van der Waals surface area contributed by atoms with E-state index in [4.69, 9.17) is 5.26 Å². The molecule has 0 spiro atoms. The standard InChI is InChI=1S/C9H7N.C8H7/c1-2-8-3-5-9(7-10)6-4-8;1-2-8-6-4-3-5-7-8/h2-6H,1H2;2,4-7H,1H2. The third-order valence-electron chi connectivity index (χ3n) is 2.26. The topological polar surface area (TPSA) is 23.8 Å². The van der Waals surface area contributed by atoms with Gasteiger partial charge in [-0.1, -0.05) is 61.7 Å². The summed E-state index contributed by atoms with van der Waals surface area (Å²) < 4.78 is 0. The molecular formula is C17H14N. The summed E-state index contributed by atoms with van der Waals surface area (Å²) in [6.07, 6.45) is 3.56. The average molecular weight is 232 g/mol. The van der Waals surface area contributed by atoms with E-state index < -0.39 is 0 Å². The molecule has 0 aromatic heterocycles. The highest BCUT2D eigenvalue weighted by atomic mass is 14.2. The van der Waals surface area contributed by atoms with Crippen molar-refractivity contribution >= 4 is 12.2 Å². The number of nitriles is 1. The first-order valence-electron chi connectivity index (χ1n) is 5.51. The first-order valence-corrected chi connectivity index (χ1v) is 5.51. The quantitative estimate of drug-likeness (QED) is 0.756. The fourth-order valence-electron chi connectivity index (χ4n) is 1.23. The summed E-state index contributed by atoms with van der Waals surface area (Å²) in [7, 11) is 0. The molecule has 87 valence electrons. The highest BCUT2D eigenvalue weighted by Gasteiger charge is 1.86. The molecule has 0 N–H and O–H groups in total. The Morgan fingerprint density at radius 2 is 1.39 bits per heavy atom. The van der Waals surface area contributed by atoms with Crippen LogP contribution in [-0.2, 0) is 0 Å². The van der Waals surface area contributed by atoms with Gasteiger partial charge in [-0.05, 0) is 29.3 Å². The Bertz CT molecular complexity index is 530. The Morgan fingerprint density at radius 3 is 1.78 bits per heavy atom. The molecule has 2 rings (SSSR count). The number of hydrogen-bond acceptors (Lipinski definition) is 1. The van der Waals surface area contributed by atoms with Crippen LogP contribution in [0, 0.1) is 17.4 Å². The molecule has 1 heteroatoms. The number of benzene rings is 2. The van der Waals surface area contributed by atoms with E-state index in [-0.39, 0.29) is 0 Å². The van der Waals surface area contributed by atoms with Gasteiger partial charge in [0.25, 0.3) is 0 Å². The molecule has 0 aliphatic carbocycles. The highest BCUT2D eigenvalue weighted by molar-refractivity contribution is 5.48. The molecule has 0 saturated heterocycles. The van der Waals surface area contributed by atoms with Crippen LogP contribution >= 0.6 is 0 Å². The zero-order valence-corrected chi connectivity index (χ0v) is 10.1. The molecule has 0 heterocycles. The van der Waals surface area contributed by atoms with E-state index in [1.807, 2.05) is 48.5 Å². The Labute approximate surface area is 108 Å². The van der Waals surface area contributed by atoms with Crippen molar-refractivity contribution in [3.63, 3.8) is 0 Å². The third kappa shape index (κ3) is 4.51. The average Bonchev–Trinajstić information content (AvgIpc) is 2.49. The van der Waals surface area contributed by atoms with Crippen molar-refractivity contribution in [2.45, 2.75) is 0 Å². The molecule has 0 saturated carbocycles. The summed E-state index contributed by atoms with van der Waals surface area (Å²) in [6.45, 7) is 7.22. The molecule has 18 heavy (non-hydrogen) atoms. The van der Waals surface area contributed by atoms with Gasteiger partial charge < -0.3 is 0 Å². The SMILES string of the molecule is C=Cc1cc[c]cc1.C=Cc1ccc(C#N)cc1. The second-order valence-electron chi connectivity index (χ2n) is 3.48. The van der Waals surface area contributed by atoms with E-state index in [9.17, 15) is 0 Å². The summed E-state index contributed by atoms with van der Waals surface area (Å²) in [4.78, 5) is 0. The maximum atomic E-state index is 8.43. The van der Waals surface area contributed by atoms with Crippen LogP contribution in [0.3, 0.4) is 0 Å². The molecule has 0 bridgehead atoms. The molecule has 2 aromatic carbocycles. The number of nitrogens with zero attached hydrogens (tertiary/aromatic N) is 1. The van der Waals surface area contributed by atoms with Crippen molar-refractivity contribution in [2.24, 2.45) is 0 Å². The van der Waals surface area contributed by atoms with E-state index in [1.165, 1.54) is 0 Å². The van der Waals surface area contributed by atoms with Gasteiger partial charge in [0.15, 0.2) is 0 Å². The summed E-state index contributed by atoms with van der Waals surface area (Å²) in [5.74, 6) is 0. The lowest BCUT2D eigenvalue weighted by Crippen LogP contribution is -1.73. The second kappa shape index (κ2) is 7.65. The normalized spacial score (nSPS) is 8.39. The van der Waals surface area contributed by atoms with Gasteiger partial charge in [0.05, 0.1) is 11.6 Å². The first kappa shape index (κ1) is 13.5. The highest BCUT2D eigenvalue weighted by Crippen LogP contribution is 2.03. The first-order chi connectivity index (χ1) is 8.80. The Morgan fingerprint density at radius 1 is 0.889 bits per heavy atom. The van der Waals surface area contributed by atoms with Crippen LogP contribution in [-0.4, -0.2) is 0 Å². The second-order valence-corrected chi connectivity index (χ2v) is 3.48. The zero-order valence-electron chi connectivity index (χ0n) is 10.1. The fraction of sp³-hybridized carbons (Fsp3) is 0. The molecule has 0 atom stereocenters. The smallest absolute Gasteiger partial charge is 0.0991 e. The summed E-state index contributed by atoms with van der Waals surface area (Å²) in [5, 5.41) is 8.43. The number of hydrogen-bond donors (Lipinski definition) is 0. The maximum absolute atomic E-state index is 8.43. The van der Waals surface area contributed by atoms with Crippen molar-refractivity contribution in [3.8, 4) is 6.07 Å². The van der Waals surface area contributed by atoms with Crippen LogP contribution in [0.4, 0.5) is 0 Å². The lowest BCUT2D eigenvalue weighted by molar-refractivity contribution is 1.48. The predicted molar refractivity (Wildman–Crippen MR) is 76.6 cm³/mol. The van der Waals surface area contributed by atoms with E-state index >= 15 is 0 Å². The lowest BCUT2D eigenvalue weighted by Gasteiger charge is -1.89. The van der Waals surface area contributed by atoms with Crippen LogP contribution in [0.25, 0.3) is 12.2 Å². The van der Waals surface area contributed by atoms with Crippen molar-refractivity contribution in [1.82, 2.24) is 0 Å². The fourth-order valence-corrected chi connectivity index (χ4v) is 1.23. The van der Waals surface area contributed by atoms with Gasteiger partial charge in [0, 0.05) is 0 Å². The molecule has 0 aliphatic heterocycles. The molecule has 0 aliphatic rings. The molecule has 1 radical (unpaired) electrons. The van der Waals surface area contributed by atoms with Gasteiger partial charge in [0.2, 0.25) is 0 Å². The maximum Gasteiger partial charge on any atom is 0.0991 e. The van der Waals surface area contributed by atoms with E-state index in [1.54, 1.807) is 18.2 Å². The molecule has 0 fully saturated rings. The summed E-state index contributed by atoms with van der Waals surface area (Å²) >= 11 is 0. The molecule has 0 unspecified atom stereocenters. The third-order valence-corrected chi connectivity index (χ3v) is 2.26. The predicted octanol–water partition coefficient (Wildman–Crippen LogP) is 4.33. The van der Waals surface area contributed by atoms with Crippen LogP contribution in [0.5, 0.6) is 0 Å². The monoisotopic (exact) mass is 232 g/mol. The van der Waals surface area contributed by atoms with Gasteiger partial charge in [-0.25, -0.2) is 0 Å². The Hall–Kier alpha value is -2.59. The molecule has 1 nitrogen and oxygen atoms in total. The zero-order chi connectivity index (χ0) is 13.2. The van der Waals surface area contributed by atoms with Crippen LogP contribution < -0.4 is 0 Å². The Kier molecular flexibility index (Phi) is 5.72. The van der Waals surface area contributed by atoms with Crippen LogP contribution in [0.2, 0.25) is 0 Å². The van der Waals surface area contributed by atoms with E-state index in [0.29, 0.717) is 5.56 Å². The largest absolute Gasteiger partial charge is 0.192 e. The van der Waals surface area contributed by atoms with Crippen molar-refractivity contribution in [3.05, 3.63) is 84.4 Å². The lowest BCUT2D eigenvalue weighted by atomic mass is 10.1. The van der Waals surface area contributed by atoms with Gasteiger partial charge >= 0.3 is 0 Å². The number of rotatable bonds is 2. The van der Waals surface area contributed by atoms with Gasteiger partial charge in [-0.3, -0.25) is 0 Å². The van der Waals surface area contributed by atoms with Gasteiger partial charge in [-0.2, -0.15) is 5.26 Å². The minimum absolute atomic E-state index is 0.686. The summed E-state index contributed by atoms with van der Waals surface area (Å²) in [6, 6.07) is 19.9. The van der Waals surface area contributed by atoms with E-state index in [2.05, 4.69) is 19.2 Å². The van der Waals surface area contributed by atoms with Crippen molar-refractivity contribution < 1.29 is 0 Å². The van der Waals surface area contributed by atoms with Gasteiger partial charge in [0.1, 0.15) is 0 Å². The minimum atomic E-state index is 0.686. The molecule has 0 amide bonds. The van der Waals surface area contributed by atoms with Crippen LogP contribution in [0.1, 0.15) is 16.7 Å². The minimum Gasteiger partial charge on any atom is -0.192 e.